The third-order valence-electron chi connectivity index (χ3n) is 3.11. The molecule has 5 heteroatoms. The molecule has 0 saturated carbocycles. The fourth-order valence-electron chi connectivity index (χ4n) is 2.22. The number of hydrogen-bond donors (Lipinski definition) is 1. The summed E-state index contributed by atoms with van der Waals surface area (Å²) in [6.07, 6.45) is 0.607. The van der Waals surface area contributed by atoms with E-state index in [1.165, 1.54) is 0 Å². The third kappa shape index (κ3) is 4.35. The molecular weight excluding hydrogens is 244 g/mol. The minimum absolute atomic E-state index is 0.0159. The summed E-state index contributed by atoms with van der Waals surface area (Å²) in [5, 5.41) is 13.6. The van der Waals surface area contributed by atoms with E-state index in [4.69, 9.17) is 4.52 Å². The lowest BCUT2D eigenvalue weighted by atomic mass is 9.98. The molecule has 0 aromatic carbocycles. The minimum Gasteiger partial charge on any atom is -0.389 e. The van der Waals surface area contributed by atoms with E-state index in [1.54, 1.807) is 25.8 Å². The largest absolute Gasteiger partial charge is 0.389 e. The highest BCUT2D eigenvalue weighted by molar-refractivity contribution is 5.78. The first-order chi connectivity index (χ1) is 8.61. The van der Waals surface area contributed by atoms with Gasteiger partial charge in [0.25, 0.3) is 0 Å². The number of amides is 1. The maximum atomic E-state index is 12.2. The van der Waals surface area contributed by atoms with Gasteiger partial charge in [0.05, 0.1) is 11.3 Å². The zero-order chi connectivity index (χ0) is 14.8. The van der Waals surface area contributed by atoms with Crippen molar-refractivity contribution < 1.29 is 14.4 Å². The van der Waals surface area contributed by atoms with Crippen molar-refractivity contribution >= 4 is 5.91 Å². The Kier molecular flexibility index (Phi) is 4.74. The van der Waals surface area contributed by atoms with E-state index < -0.39 is 5.60 Å². The van der Waals surface area contributed by atoms with Gasteiger partial charge in [0, 0.05) is 25.1 Å². The number of aliphatic hydroxyl groups is 1. The summed E-state index contributed by atoms with van der Waals surface area (Å²) in [5.74, 6) is 0.619. The van der Waals surface area contributed by atoms with Crippen molar-refractivity contribution in [3.05, 3.63) is 17.0 Å². The van der Waals surface area contributed by atoms with Crippen LogP contribution in [0.4, 0.5) is 0 Å². The molecule has 0 saturated heterocycles. The quantitative estimate of drug-likeness (QED) is 0.882. The third-order valence-corrected chi connectivity index (χ3v) is 3.11. The lowest BCUT2D eigenvalue weighted by Gasteiger charge is -2.27. The van der Waals surface area contributed by atoms with Crippen LogP contribution in [0, 0.1) is 19.8 Å². The van der Waals surface area contributed by atoms with Gasteiger partial charge in [-0.05, 0) is 34.1 Å². The molecule has 1 aromatic heterocycles. The summed E-state index contributed by atoms with van der Waals surface area (Å²) < 4.78 is 5.10. The SMILES string of the molecule is Cc1noc(C)c1CC(C)C(=O)N(C)CC(C)(C)O. The van der Waals surface area contributed by atoms with Crippen molar-refractivity contribution in [3.8, 4) is 0 Å². The van der Waals surface area contributed by atoms with Gasteiger partial charge in [0.1, 0.15) is 5.76 Å². The van der Waals surface area contributed by atoms with Crippen molar-refractivity contribution in [2.75, 3.05) is 13.6 Å². The highest BCUT2D eigenvalue weighted by Gasteiger charge is 2.24. The van der Waals surface area contributed by atoms with Crippen molar-refractivity contribution in [1.82, 2.24) is 10.1 Å². The molecule has 19 heavy (non-hydrogen) atoms. The summed E-state index contributed by atoms with van der Waals surface area (Å²) in [7, 11) is 1.71. The van der Waals surface area contributed by atoms with E-state index in [2.05, 4.69) is 5.16 Å². The molecule has 0 aliphatic heterocycles. The van der Waals surface area contributed by atoms with Gasteiger partial charge in [-0.2, -0.15) is 0 Å². The van der Waals surface area contributed by atoms with Crippen molar-refractivity contribution in [2.24, 2.45) is 5.92 Å². The molecule has 0 aliphatic rings. The van der Waals surface area contributed by atoms with Gasteiger partial charge in [0.2, 0.25) is 5.91 Å². The number of carbonyl (C=O) groups excluding carboxylic acids is 1. The average molecular weight is 268 g/mol. The van der Waals surface area contributed by atoms with E-state index >= 15 is 0 Å². The molecule has 1 rings (SSSR count). The van der Waals surface area contributed by atoms with Crippen molar-refractivity contribution in [3.63, 3.8) is 0 Å². The Morgan fingerprint density at radius 1 is 1.47 bits per heavy atom. The highest BCUT2D eigenvalue weighted by atomic mass is 16.5. The van der Waals surface area contributed by atoms with Crippen LogP contribution in [0.1, 0.15) is 37.8 Å². The van der Waals surface area contributed by atoms with Crippen LogP contribution in [-0.2, 0) is 11.2 Å². The van der Waals surface area contributed by atoms with Crippen LogP contribution in [0.3, 0.4) is 0 Å². The molecule has 0 radical (unpaired) electrons. The zero-order valence-corrected chi connectivity index (χ0v) is 12.6. The summed E-state index contributed by atoms with van der Waals surface area (Å²) >= 11 is 0. The maximum Gasteiger partial charge on any atom is 0.225 e. The molecule has 1 aromatic rings. The zero-order valence-electron chi connectivity index (χ0n) is 12.6. The molecule has 0 bridgehead atoms. The molecular formula is C14H24N2O3. The van der Waals surface area contributed by atoms with Gasteiger partial charge in [0.15, 0.2) is 0 Å². The van der Waals surface area contributed by atoms with Gasteiger partial charge in [-0.15, -0.1) is 0 Å². The monoisotopic (exact) mass is 268 g/mol. The number of aryl methyl sites for hydroxylation is 2. The summed E-state index contributed by atoms with van der Waals surface area (Å²) in [5.41, 5.74) is 0.951. The van der Waals surface area contributed by atoms with Gasteiger partial charge in [-0.25, -0.2) is 0 Å². The maximum absolute atomic E-state index is 12.2. The first kappa shape index (κ1) is 15.7. The second-order valence-corrected chi connectivity index (χ2v) is 5.91. The van der Waals surface area contributed by atoms with E-state index in [9.17, 15) is 9.90 Å². The highest BCUT2D eigenvalue weighted by Crippen LogP contribution is 2.18. The molecule has 0 fully saturated rings. The predicted octanol–water partition coefficient (Wildman–Crippen LogP) is 1.70. The Balaban J connectivity index is 2.68. The number of aromatic nitrogens is 1. The normalized spacial score (nSPS) is 13.4. The lowest BCUT2D eigenvalue weighted by molar-refractivity contribution is -0.136. The van der Waals surface area contributed by atoms with Crippen LogP contribution < -0.4 is 0 Å². The van der Waals surface area contributed by atoms with Crippen LogP contribution in [-0.4, -0.2) is 40.3 Å². The predicted molar refractivity (Wildman–Crippen MR) is 72.8 cm³/mol. The summed E-state index contributed by atoms with van der Waals surface area (Å²) in [6.45, 7) is 9.31. The summed E-state index contributed by atoms with van der Waals surface area (Å²) in [4.78, 5) is 13.8. The molecule has 108 valence electrons. The molecule has 5 nitrogen and oxygen atoms in total. The number of likely N-dealkylation sites (N-methyl/N-ethyl adjacent to an activating group) is 1. The molecule has 1 heterocycles. The smallest absolute Gasteiger partial charge is 0.225 e. The first-order valence-corrected chi connectivity index (χ1v) is 6.51. The fraction of sp³-hybridized carbons (Fsp3) is 0.714. The van der Waals surface area contributed by atoms with Crippen LogP contribution >= 0.6 is 0 Å². The Morgan fingerprint density at radius 3 is 2.47 bits per heavy atom. The van der Waals surface area contributed by atoms with Crippen LogP contribution in [0.5, 0.6) is 0 Å². The van der Waals surface area contributed by atoms with Crippen molar-refractivity contribution in [2.45, 2.75) is 46.6 Å². The molecule has 1 unspecified atom stereocenters. The van der Waals surface area contributed by atoms with E-state index in [0.717, 1.165) is 17.0 Å². The fourth-order valence-corrected chi connectivity index (χ4v) is 2.22. The van der Waals surface area contributed by atoms with Gasteiger partial charge >= 0.3 is 0 Å². The van der Waals surface area contributed by atoms with Crippen LogP contribution in [0.25, 0.3) is 0 Å². The Bertz CT molecular complexity index is 427. The molecule has 0 spiro atoms. The molecule has 1 atom stereocenters. The van der Waals surface area contributed by atoms with Gasteiger partial charge < -0.3 is 14.5 Å². The Hall–Kier alpha value is -1.36. The number of carbonyl (C=O) groups is 1. The van der Waals surface area contributed by atoms with Crippen LogP contribution in [0.15, 0.2) is 4.52 Å². The van der Waals surface area contributed by atoms with Crippen molar-refractivity contribution in [1.29, 1.82) is 0 Å². The van der Waals surface area contributed by atoms with E-state index in [1.807, 2.05) is 20.8 Å². The topological polar surface area (TPSA) is 66.6 Å². The number of nitrogens with zero attached hydrogens (tertiary/aromatic N) is 2. The second-order valence-electron chi connectivity index (χ2n) is 5.91. The number of hydrogen-bond acceptors (Lipinski definition) is 4. The summed E-state index contributed by atoms with van der Waals surface area (Å²) in [6, 6.07) is 0. The first-order valence-electron chi connectivity index (χ1n) is 6.51. The Labute approximate surface area is 114 Å². The average Bonchev–Trinajstić information content (AvgIpc) is 2.57. The standard InChI is InChI=1S/C14H24N2O3/c1-9(7-12-10(2)15-19-11(12)3)13(17)16(6)8-14(4,5)18/h9,18H,7-8H2,1-6H3. The number of rotatable bonds is 5. The molecule has 1 amide bonds. The van der Waals surface area contributed by atoms with Gasteiger partial charge in [-0.1, -0.05) is 12.1 Å². The lowest BCUT2D eigenvalue weighted by Crippen LogP contribution is -2.42. The molecule has 0 aliphatic carbocycles. The second kappa shape index (κ2) is 5.74. The van der Waals surface area contributed by atoms with Crippen LogP contribution in [0.2, 0.25) is 0 Å². The minimum atomic E-state index is -0.882. The van der Waals surface area contributed by atoms with E-state index in [0.29, 0.717) is 13.0 Å². The molecule has 1 N–H and O–H groups in total. The van der Waals surface area contributed by atoms with E-state index in [-0.39, 0.29) is 11.8 Å². The van der Waals surface area contributed by atoms with Gasteiger partial charge in [-0.3, -0.25) is 4.79 Å². The Morgan fingerprint density at radius 2 is 2.05 bits per heavy atom.